The Balaban J connectivity index is 2.35. The topological polar surface area (TPSA) is 44.5 Å². The van der Waals surface area contributed by atoms with Crippen LogP contribution in [0.15, 0.2) is 24.3 Å². The van der Waals surface area contributed by atoms with Gasteiger partial charge in [0.1, 0.15) is 12.4 Å². The third-order valence-electron chi connectivity index (χ3n) is 2.64. The van der Waals surface area contributed by atoms with E-state index in [-0.39, 0.29) is 11.6 Å². The Morgan fingerprint density at radius 3 is 2.22 bits per heavy atom. The molecule has 0 aliphatic rings. The SMILES string of the molecule is CC[C@H](N)c1ccc(OCCOC(C)(C)C)cc1. The average molecular weight is 251 g/mol. The van der Waals surface area contributed by atoms with E-state index in [1.165, 1.54) is 0 Å². The fourth-order valence-electron chi connectivity index (χ4n) is 1.55. The van der Waals surface area contributed by atoms with Crippen molar-refractivity contribution >= 4 is 0 Å². The largest absolute Gasteiger partial charge is 0.491 e. The van der Waals surface area contributed by atoms with Gasteiger partial charge in [0.15, 0.2) is 0 Å². The maximum absolute atomic E-state index is 5.95. The first-order chi connectivity index (χ1) is 8.42. The van der Waals surface area contributed by atoms with E-state index in [1.54, 1.807) is 0 Å². The molecule has 0 amide bonds. The molecular weight excluding hydrogens is 226 g/mol. The molecule has 0 aliphatic carbocycles. The third kappa shape index (κ3) is 5.52. The van der Waals surface area contributed by atoms with Crippen LogP contribution in [0.5, 0.6) is 5.75 Å². The van der Waals surface area contributed by atoms with Crippen LogP contribution >= 0.6 is 0 Å². The number of nitrogens with two attached hydrogens (primary N) is 1. The number of hydrogen-bond donors (Lipinski definition) is 1. The second-order valence-electron chi connectivity index (χ2n) is 5.39. The van der Waals surface area contributed by atoms with Crippen LogP contribution in [0, 0.1) is 0 Å². The number of rotatable bonds is 6. The molecule has 1 aromatic carbocycles. The van der Waals surface area contributed by atoms with E-state index < -0.39 is 0 Å². The van der Waals surface area contributed by atoms with Gasteiger partial charge in [-0.25, -0.2) is 0 Å². The van der Waals surface area contributed by atoms with Crippen molar-refractivity contribution < 1.29 is 9.47 Å². The molecule has 1 aromatic rings. The van der Waals surface area contributed by atoms with Gasteiger partial charge in [-0.2, -0.15) is 0 Å². The molecule has 0 saturated carbocycles. The first-order valence-electron chi connectivity index (χ1n) is 6.54. The number of hydrogen-bond acceptors (Lipinski definition) is 3. The van der Waals surface area contributed by atoms with Crippen LogP contribution < -0.4 is 10.5 Å². The Labute approximate surface area is 110 Å². The van der Waals surface area contributed by atoms with Gasteiger partial charge >= 0.3 is 0 Å². The quantitative estimate of drug-likeness (QED) is 0.789. The van der Waals surface area contributed by atoms with Crippen LogP contribution in [-0.4, -0.2) is 18.8 Å². The third-order valence-corrected chi connectivity index (χ3v) is 2.64. The lowest BCUT2D eigenvalue weighted by molar-refractivity contribution is -0.0163. The van der Waals surface area contributed by atoms with Crippen LogP contribution in [0.25, 0.3) is 0 Å². The number of ether oxygens (including phenoxy) is 2. The van der Waals surface area contributed by atoms with Gasteiger partial charge in [-0.15, -0.1) is 0 Å². The summed E-state index contributed by atoms with van der Waals surface area (Å²) >= 11 is 0. The molecule has 102 valence electrons. The molecule has 0 heterocycles. The van der Waals surface area contributed by atoms with Crippen molar-refractivity contribution in [2.24, 2.45) is 5.73 Å². The number of benzene rings is 1. The zero-order valence-electron chi connectivity index (χ0n) is 11.9. The highest BCUT2D eigenvalue weighted by molar-refractivity contribution is 5.28. The summed E-state index contributed by atoms with van der Waals surface area (Å²) in [6.45, 7) is 9.35. The molecule has 0 aromatic heterocycles. The van der Waals surface area contributed by atoms with Crippen molar-refractivity contribution in [3.63, 3.8) is 0 Å². The summed E-state index contributed by atoms with van der Waals surface area (Å²) in [5.74, 6) is 0.861. The second-order valence-corrected chi connectivity index (χ2v) is 5.39. The van der Waals surface area contributed by atoms with Gasteiger partial charge < -0.3 is 15.2 Å². The minimum atomic E-state index is -0.110. The molecule has 0 aliphatic heterocycles. The summed E-state index contributed by atoms with van der Waals surface area (Å²) in [6, 6.07) is 8.08. The lowest BCUT2D eigenvalue weighted by Crippen LogP contribution is -2.22. The summed E-state index contributed by atoms with van der Waals surface area (Å²) in [4.78, 5) is 0. The van der Waals surface area contributed by atoms with Gasteiger partial charge in [0, 0.05) is 6.04 Å². The molecule has 0 bridgehead atoms. The van der Waals surface area contributed by atoms with Crippen molar-refractivity contribution in [3.05, 3.63) is 29.8 Å². The summed E-state index contributed by atoms with van der Waals surface area (Å²) in [6.07, 6.45) is 0.944. The van der Waals surface area contributed by atoms with E-state index in [4.69, 9.17) is 15.2 Å². The first kappa shape index (κ1) is 15.0. The minimum Gasteiger partial charge on any atom is -0.491 e. The van der Waals surface area contributed by atoms with Crippen molar-refractivity contribution in [1.82, 2.24) is 0 Å². The highest BCUT2D eigenvalue weighted by Crippen LogP contribution is 2.18. The molecule has 0 radical (unpaired) electrons. The van der Waals surface area contributed by atoms with Gasteiger partial charge in [-0.3, -0.25) is 0 Å². The monoisotopic (exact) mass is 251 g/mol. The van der Waals surface area contributed by atoms with E-state index in [2.05, 4.69) is 6.92 Å². The van der Waals surface area contributed by atoms with Crippen molar-refractivity contribution in [3.8, 4) is 5.75 Å². The van der Waals surface area contributed by atoms with E-state index in [1.807, 2.05) is 45.0 Å². The molecule has 1 atom stereocenters. The van der Waals surface area contributed by atoms with Gasteiger partial charge in [-0.05, 0) is 44.9 Å². The zero-order chi connectivity index (χ0) is 13.6. The Hall–Kier alpha value is -1.06. The Morgan fingerprint density at radius 1 is 1.11 bits per heavy atom. The van der Waals surface area contributed by atoms with Gasteiger partial charge in [0.2, 0.25) is 0 Å². The van der Waals surface area contributed by atoms with Crippen LogP contribution in [0.1, 0.15) is 45.7 Å². The maximum Gasteiger partial charge on any atom is 0.119 e. The molecule has 0 fully saturated rings. The van der Waals surface area contributed by atoms with Gasteiger partial charge in [0.25, 0.3) is 0 Å². The van der Waals surface area contributed by atoms with Crippen molar-refractivity contribution in [2.75, 3.05) is 13.2 Å². The molecule has 0 spiro atoms. The van der Waals surface area contributed by atoms with E-state index in [0.717, 1.165) is 17.7 Å². The standard InChI is InChI=1S/C15H25NO2/c1-5-14(16)12-6-8-13(9-7-12)17-10-11-18-15(2,3)4/h6-9,14H,5,10-11,16H2,1-4H3/t14-/m0/s1. The normalized spacial score (nSPS) is 13.4. The minimum absolute atomic E-state index is 0.110. The fourth-order valence-corrected chi connectivity index (χ4v) is 1.55. The highest BCUT2D eigenvalue weighted by atomic mass is 16.5. The molecule has 1 rings (SSSR count). The molecule has 3 heteroatoms. The average Bonchev–Trinajstić information content (AvgIpc) is 2.33. The molecular formula is C15H25NO2. The summed E-state index contributed by atoms with van der Waals surface area (Å²) < 4.78 is 11.2. The lowest BCUT2D eigenvalue weighted by atomic mass is 10.1. The van der Waals surface area contributed by atoms with Crippen molar-refractivity contribution in [2.45, 2.75) is 45.8 Å². The van der Waals surface area contributed by atoms with E-state index in [9.17, 15) is 0 Å². The lowest BCUT2D eigenvalue weighted by Gasteiger charge is -2.19. The van der Waals surface area contributed by atoms with Gasteiger partial charge in [-0.1, -0.05) is 19.1 Å². The molecule has 0 saturated heterocycles. The van der Waals surface area contributed by atoms with Gasteiger partial charge in [0.05, 0.1) is 12.2 Å². The summed E-state index contributed by atoms with van der Waals surface area (Å²) in [7, 11) is 0. The maximum atomic E-state index is 5.95. The zero-order valence-corrected chi connectivity index (χ0v) is 11.9. The predicted octanol–water partition coefficient (Wildman–Crippen LogP) is 3.29. The summed E-state index contributed by atoms with van der Waals surface area (Å²) in [5, 5.41) is 0. The van der Waals surface area contributed by atoms with Crippen molar-refractivity contribution in [1.29, 1.82) is 0 Å². The summed E-state index contributed by atoms with van der Waals surface area (Å²) in [5.41, 5.74) is 6.99. The molecule has 2 N–H and O–H groups in total. The fraction of sp³-hybridized carbons (Fsp3) is 0.600. The Bertz CT molecular complexity index is 341. The predicted molar refractivity (Wildman–Crippen MR) is 74.9 cm³/mol. The van der Waals surface area contributed by atoms with Crippen LogP contribution in [0.4, 0.5) is 0 Å². The first-order valence-corrected chi connectivity index (χ1v) is 6.54. The smallest absolute Gasteiger partial charge is 0.119 e. The van der Waals surface area contributed by atoms with Crippen LogP contribution in [-0.2, 0) is 4.74 Å². The Kier molecular flexibility index (Phi) is 5.63. The Morgan fingerprint density at radius 2 is 1.72 bits per heavy atom. The van der Waals surface area contributed by atoms with Crippen LogP contribution in [0.2, 0.25) is 0 Å². The highest BCUT2D eigenvalue weighted by Gasteiger charge is 2.09. The van der Waals surface area contributed by atoms with E-state index in [0.29, 0.717) is 13.2 Å². The second kappa shape index (κ2) is 6.76. The van der Waals surface area contributed by atoms with Crippen LogP contribution in [0.3, 0.4) is 0 Å². The molecule has 3 nitrogen and oxygen atoms in total. The molecule has 0 unspecified atom stereocenters. The van der Waals surface area contributed by atoms with E-state index >= 15 is 0 Å². The molecule has 18 heavy (non-hydrogen) atoms.